The van der Waals surface area contributed by atoms with Gasteiger partial charge in [0.2, 0.25) is 11.8 Å². The maximum absolute atomic E-state index is 14.0. The molecule has 0 spiro atoms. The molecule has 1 fully saturated rings. The zero-order valence-corrected chi connectivity index (χ0v) is 33.7. The van der Waals surface area contributed by atoms with Crippen molar-refractivity contribution in [2.45, 2.75) is 117 Å². The molecule has 56 heavy (non-hydrogen) atoms. The maximum atomic E-state index is 14.0. The lowest BCUT2D eigenvalue weighted by Gasteiger charge is -2.36. The van der Waals surface area contributed by atoms with Gasteiger partial charge in [-0.15, -0.1) is 0 Å². The molecular formula is C43H62N4O9. The number of hydrazine groups is 1. The Hall–Kier alpha value is -4.59. The number of aliphatic hydroxyl groups excluding tert-OH is 1. The number of esters is 2. The number of carbonyl (C=O) groups is 5. The van der Waals surface area contributed by atoms with Crippen molar-refractivity contribution in [3.8, 4) is 5.75 Å². The van der Waals surface area contributed by atoms with Gasteiger partial charge >= 0.3 is 11.9 Å². The molecule has 2 aliphatic rings. The molecule has 2 amide bonds. The number of aliphatic hydroxyl groups is 1. The van der Waals surface area contributed by atoms with Crippen LogP contribution in [0.25, 0.3) is 0 Å². The highest BCUT2D eigenvalue weighted by molar-refractivity contribution is 5.89. The summed E-state index contributed by atoms with van der Waals surface area (Å²) in [5, 5.41) is 29.5. The number of nitrogens with one attached hydrogen (secondary N) is 3. The predicted molar refractivity (Wildman–Crippen MR) is 214 cm³/mol. The van der Waals surface area contributed by atoms with Gasteiger partial charge in [0, 0.05) is 38.0 Å². The number of rotatable bonds is 10. The smallest absolute Gasteiger partial charge is 0.330 e. The van der Waals surface area contributed by atoms with E-state index >= 15 is 0 Å². The van der Waals surface area contributed by atoms with Gasteiger partial charge in [-0.25, -0.2) is 15.2 Å². The normalized spacial score (nSPS) is 27.8. The highest BCUT2D eigenvalue weighted by atomic mass is 16.5. The number of ether oxygens (including phenoxy) is 2. The molecule has 1 aromatic carbocycles. The number of phenolic OH excluding ortho intramolecular Hbond substituents is 1. The standard InChI is InChI=1S/C43H62N4O9/c1-7-55-38(50)21-12-16-29(4)37-20-11-9-8-10-15-30(5)40(51)35(23-22-31(6)48)41(52)45-39(28(2)3)42(53)44-33(25-32-17-13-18-34(49)26-32)27-47-24-14-19-36(46-47)43(54)56-37/h8-13,16-18,21,26,28,30,33,35-37,39-40,46,49,51H,7,14-15,19-20,22-25,27H2,1-6H3,(H,44,53)(H,45,52). The zero-order valence-electron chi connectivity index (χ0n) is 33.7. The molecule has 8 atom stereocenters. The van der Waals surface area contributed by atoms with Crippen LogP contribution in [0.15, 0.2) is 72.4 Å². The molecule has 2 heterocycles. The van der Waals surface area contributed by atoms with Gasteiger partial charge in [-0.1, -0.05) is 69.4 Å². The number of Topliss-reactive ketones (excluding diaryl/α,β-unsaturated/α-hetero) is 1. The summed E-state index contributed by atoms with van der Waals surface area (Å²) < 4.78 is 11.1. The molecule has 0 aliphatic carbocycles. The summed E-state index contributed by atoms with van der Waals surface area (Å²) in [5.74, 6) is -3.45. The van der Waals surface area contributed by atoms with Crippen LogP contribution in [0.3, 0.4) is 0 Å². The zero-order chi connectivity index (χ0) is 41.2. The Kier molecular flexibility index (Phi) is 19.2. The minimum absolute atomic E-state index is 0.0865. The molecule has 13 nitrogen and oxygen atoms in total. The van der Waals surface area contributed by atoms with Crippen molar-refractivity contribution >= 4 is 29.5 Å². The van der Waals surface area contributed by atoms with E-state index in [1.807, 2.05) is 63.1 Å². The number of carbonyl (C=O) groups excluding carboxylic acids is 5. The van der Waals surface area contributed by atoms with E-state index < -0.39 is 60.0 Å². The van der Waals surface area contributed by atoms with E-state index in [2.05, 4.69) is 16.1 Å². The van der Waals surface area contributed by atoms with Crippen molar-refractivity contribution in [1.82, 2.24) is 21.1 Å². The van der Waals surface area contributed by atoms with Crippen molar-refractivity contribution in [1.29, 1.82) is 0 Å². The molecule has 2 bridgehead atoms. The maximum Gasteiger partial charge on any atom is 0.330 e. The van der Waals surface area contributed by atoms with Crippen LogP contribution in [0.4, 0.5) is 0 Å². The largest absolute Gasteiger partial charge is 0.508 e. The molecule has 5 N–H and O–H groups in total. The number of fused-ring (bicyclic) bond motifs is 2. The molecular weight excluding hydrogens is 716 g/mol. The Morgan fingerprint density at radius 1 is 1.07 bits per heavy atom. The van der Waals surface area contributed by atoms with E-state index in [1.54, 1.807) is 37.3 Å². The van der Waals surface area contributed by atoms with Gasteiger partial charge in [-0.3, -0.25) is 14.4 Å². The van der Waals surface area contributed by atoms with Crippen LogP contribution >= 0.6 is 0 Å². The highest BCUT2D eigenvalue weighted by Gasteiger charge is 2.35. The number of allylic oxidation sites excluding steroid dienone is 5. The minimum atomic E-state index is -1.09. The molecule has 1 saturated heterocycles. The van der Waals surface area contributed by atoms with Crippen LogP contribution in [0, 0.1) is 17.8 Å². The second-order valence-electron chi connectivity index (χ2n) is 15.2. The van der Waals surface area contributed by atoms with E-state index in [1.165, 1.54) is 13.0 Å². The van der Waals surface area contributed by atoms with Crippen molar-refractivity contribution in [3.05, 3.63) is 77.9 Å². The van der Waals surface area contributed by atoms with Gasteiger partial charge in [0.1, 0.15) is 29.7 Å². The number of phenols is 1. The SMILES string of the molecule is CCOC(=O)C=CC=C(C)C1CC=CC=CCC(C)C(O)C(CCC(C)=O)C(=O)NC(C(C)C)C(=O)NC(Cc2cccc(O)c2)CN2CCCC(N2)C(=O)O1. The third-order valence-electron chi connectivity index (χ3n) is 10.00. The fraction of sp³-hybridized carbons (Fsp3) is 0.558. The monoisotopic (exact) mass is 778 g/mol. The lowest BCUT2D eigenvalue weighted by Crippen LogP contribution is -2.59. The average Bonchev–Trinajstić information content (AvgIpc) is 3.14. The molecule has 0 saturated carbocycles. The number of hydrogen-bond acceptors (Lipinski definition) is 11. The fourth-order valence-corrected chi connectivity index (χ4v) is 6.76. The average molecular weight is 779 g/mol. The molecule has 0 radical (unpaired) electrons. The lowest BCUT2D eigenvalue weighted by atomic mass is 9.85. The van der Waals surface area contributed by atoms with Gasteiger partial charge in [0.25, 0.3) is 0 Å². The number of aromatic hydroxyl groups is 1. The fourth-order valence-electron chi connectivity index (χ4n) is 6.76. The Balaban J connectivity index is 2.00. The number of nitrogens with zero attached hydrogens (tertiary/aromatic N) is 1. The number of benzene rings is 1. The molecule has 13 heteroatoms. The first kappa shape index (κ1) is 45.8. The van der Waals surface area contributed by atoms with Crippen LogP contribution in [0.2, 0.25) is 0 Å². The van der Waals surface area contributed by atoms with Crippen molar-refractivity contribution < 1.29 is 43.7 Å². The number of ketones is 1. The highest BCUT2D eigenvalue weighted by Crippen LogP contribution is 2.24. The first-order valence-corrected chi connectivity index (χ1v) is 19.8. The van der Waals surface area contributed by atoms with Crippen LogP contribution in [0.1, 0.15) is 85.6 Å². The Morgan fingerprint density at radius 3 is 2.48 bits per heavy atom. The van der Waals surface area contributed by atoms with E-state index in [0.29, 0.717) is 38.6 Å². The lowest BCUT2D eigenvalue weighted by molar-refractivity contribution is -0.153. The predicted octanol–water partition coefficient (Wildman–Crippen LogP) is 4.40. The van der Waals surface area contributed by atoms with Gasteiger partial charge in [-0.05, 0) is 88.0 Å². The number of cyclic esters (lactones) is 1. The first-order valence-electron chi connectivity index (χ1n) is 19.8. The van der Waals surface area contributed by atoms with Crippen molar-refractivity contribution in [3.63, 3.8) is 0 Å². The molecule has 8 unspecified atom stereocenters. The number of hydrogen-bond donors (Lipinski definition) is 5. The first-order chi connectivity index (χ1) is 26.7. The third-order valence-corrected chi connectivity index (χ3v) is 10.00. The quantitative estimate of drug-likeness (QED) is 0.129. The molecule has 0 aromatic heterocycles. The van der Waals surface area contributed by atoms with E-state index in [9.17, 15) is 34.2 Å². The molecule has 3 rings (SSSR count). The summed E-state index contributed by atoms with van der Waals surface area (Å²) >= 11 is 0. The summed E-state index contributed by atoms with van der Waals surface area (Å²) in [6.07, 6.45) is 12.8. The number of amides is 2. The van der Waals surface area contributed by atoms with Crippen LogP contribution in [0.5, 0.6) is 5.75 Å². The van der Waals surface area contributed by atoms with Crippen LogP contribution in [-0.4, -0.2) is 94.8 Å². The minimum Gasteiger partial charge on any atom is -0.508 e. The second-order valence-corrected chi connectivity index (χ2v) is 15.2. The topological polar surface area (TPSA) is 184 Å². The summed E-state index contributed by atoms with van der Waals surface area (Å²) in [6, 6.07) is 4.65. The van der Waals surface area contributed by atoms with E-state index in [-0.39, 0.29) is 49.4 Å². The Morgan fingerprint density at radius 2 is 1.80 bits per heavy atom. The van der Waals surface area contributed by atoms with Gasteiger partial charge in [0.05, 0.1) is 18.6 Å². The molecule has 2 aliphatic heterocycles. The van der Waals surface area contributed by atoms with Gasteiger partial charge < -0.3 is 35.1 Å². The molecule has 1 aromatic rings. The van der Waals surface area contributed by atoms with Crippen LogP contribution < -0.4 is 16.1 Å². The molecule has 308 valence electrons. The van der Waals surface area contributed by atoms with Gasteiger partial charge in [-0.2, -0.15) is 0 Å². The van der Waals surface area contributed by atoms with E-state index in [0.717, 1.165) is 11.1 Å². The summed E-state index contributed by atoms with van der Waals surface area (Å²) in [4.78, 5) is 65.5. The van der Waals surface area contributed by atoms with Crippen molar-refractivity contribution in [2.75, 3.05) is 19.7 Å². The second kappa shape index (κ2) is 23.5. The van der Waals surface area contributed by atoms with Crippen LogP contribution in [-0.2, 0) is 39.9 Å². The Labute approximate surface area is 331 Å². The van der Waals surface area contributed by atoms with E-state index in [4.69, 9.17) is 9.47 Å². The Bertz CT molecular complexity index is 1600. The third kappa shape index (κ3) is 15.5. The van der Waals surface area contributed by atoms with Crippen molar-refractivity contribution in [2.24, 2.45) is 17.8 Å². The van der Waals surface area contributed by atoms with Gasteiger partial charge in [0.15, 0.2) is 0 Å². The summed E-state index contributed by atoms with van der Waals surface area (Å²) in [7, 11) is 0. The summed E-state index contributed by atoms with van der Waals surface area (Å²) in [5.41, 5.74) is 4.80. The summed E-state index contributed by atoms with van der Waals surface area (Å²) in [6.45, 7) is 11.6.